The summed E-state index contributed by atoms with van der Waals surface area (Å²) in [6.45, 7) is 2.28. The Morgan fingerprint density at radius 3 is 2.53 bits per heavy atom. The molecular weight excluding hydrogens is 491 g/mol. The van der Waals surface area contributed by atoms with Crippen LogP contribution in [0.2, 0.25) is 0 Å². The number of thiazole rings is 1. The highest BCUT2D eigenvalue weighted by molar-refractivity contribution is 7.17. The van der Waals surface area contributed by atoms with Gasteiger partial charge in [-0.2, -0.15) is 0 Å². The van der Waals surface area contributed by atoms with E-state index in [1.54, 1.807) is 19.1 Å². The van der Waals surface area contributed by atoms with Gasteiger partial charge in [-0.15, -0.1) is 0 Å². The van der Waals surface area contributed by atoms with Crippen LogP contribution in [-0.2, 0) is 14.3 Å². The Morgan fingerprint density at radius 2 is 1.83 bits per heavy atom. The van der Waals surface area contributed by atoms with Gasteiger partial charge in [0.25, 0.3) is 5.78 Å². The number of ether oxygens (including phenoxy) is 3. The average Bonchev–Trinajstić information content (AvgIpc) is 3.40. The summed E-state index contributed by atoms with van der Waals surface area (Å²) in [6.07, 6.45) is 0. The number of nitrogens with zero attached hydrogens (tertiary/aromatic N) is 2. The molecule has 1 N–H and O–H groups in total. The van der Waals surface area contributed by atoms with E-state index in [2.05, 4.69) is 4.98 Å². The summed E-state index contributed by atoms with van der Waals surface area (Å²) in [5.74, 6) is -2.62. The molecule has 1 fully saturated rings. The van der Waals surface area contributed by atoms with Crippen LogP contribution in [0.4, 0.5) is 9.52 Å². The molecule has 36 heavy (non-hydrogen) atoms. The Morgan fingerprint density at radius 1 is 1.14 bits per heavy atom. The van der Waals surface area contributed by atoms with Gasteiger partial charge in [0.15, 0.2) is 16.6 Å². The third-order valence-corrected chi connectivity index (χ3v) is 6.94. The van der Waals surface area contributed by atoms with Gasteiger partial charge in [0.1, 0.15) is 29.7 Å². The zero-order chi connectivity index (χ0) is 25.6. The van der Waals surface area contributed by atoms with Crippen LogP contribution in [0.15, 0.2) is 48.0 Å². The Balaban J connectivity index is 1.68. The maximum absolute atomic E-state index is 13.7. The van der Waals surface area contributed by atoms with E-state index in [4.69, 9.17) is 14.2 Å². The van der Waals surface area contributed by atoms with Gasteiger partial charge in [-0.05, 0) is 42.8 Å². The van der Waals surface area contributed by atoms with Crippen LogP contribution in [0.3, 0.4) is 0 Å². The number of hydrogen-bond donors (Lipinski definition) is 1. The summed E-state index contributed by atoms with van der Waals surface area (Å²) in [6, 6.07) is 8.73. The number of rotatable bonds is 4. The molecule has 0 radical (unpaired) electrons. The lowest BCUT2D eigenvalue weighted by Gasteiger charge is -2.23. The van der Waals surface area contributed by atoms with E-state index in [-0.39, 0.29) is 21.1 Å². The topological polar surface area (TPSA) is 115 Å². The normalized spacial score (nSPS) is 18.4. The Labute approximate surface area is 208 Å². The minimum absolute atomic E-state index is 0.0607. The first-order chi connectivity index (χ1) is 17.3. The van der Waals surface area contributed by atoms with E-state index < -0.39 is 35.3 Å². The van der Waals surface area contributed by atoms with Gasteiger partial charge in [0.2, 0.25) is 0 Å². The van der Waals surface area contributed by atoms with Gasteiger partial charge in [0, 0.05) is 5.56 Å². The number of fused-ring (bicyclic) bond motifs is 1. The summed E-state index contributed by atoms with van der Waals surface area (Å²) in [5, 5.41) is 11.3. The van der Waals surface area contributed by atoms with Gasteiger partial charge in [-0.3, -0.25) is 14.5 Å². The summed E-state index contributed by atoms with van der Waals surface area (Å²) < 4.78 is 29.6. The molecule has 1 unspecified atom stereocenters. The number of aromatic nitrogens is 1. The van der Waals surface area contributed by atoms with E-state index >= 15 is 0 Å². The molecule has 1 aromatic heterocycles. The minimum Gasteiger partial charge on any atom is -0.507 e. The van der Waals surface area contributed by atoms with E-state index in [1.165, 1.54) is 37.4 Å². The van der Waals surface area contributed by atoms with Gasteiger partial charge in [-0.1, -0.05) is 23.5 Å². The number of ketones is 1. The Kier molecular flexibility index (Phi) is 5.92. The quantitative estimate of drug-likeness (QED) is 0.244. The summed E-state index contributed by atoms with van der Waals surface area (Å²) in [7, 11) is 1.22. The van der Waals surface area contributed by atoms with Gasteiger partial charge in [-0.25, -0.2) is 14.2 Å². The fourth-order valence-electron chi connectivity index (χ4n) is 4.10. The van der Waals surface area contributed by atoms with Crippen LogP contribution < -0.4 is 14.4 Å². The molecule has 0 spiro atoms. The number of benzene rings is 2. The first kappa shape index (κ1) is 23.5. The lowest BCUT2D eigenvalue weighted by atomic mass is 9.95. The second-order valence-corrected chi connectivity index (χ2v) is 8.96. The highest BCUT2D eigenvalue weighted by Gasteiger charge is 2.48. The van der Waals surface area contributed by atoms with Crippen LogP contribution in [-0.4, -0.2) is 48.1 Å². The Bertz CT molecular complexity index is 1430. The molecule has 2 aliphatic rings. The number of carbonyl (C=O) groups is 3. The summed E-state index contributed by atoms with van der Waals surface area (Å²) >= 11 is 0.877. The van der Waals surface area contributed by atoms with E-state index in [1.807, 2.05) is 0 Å². The number of aliphatic hydroxyl groups excluding tert-OH is 1. The molecule has 9 nitrogen and oxygen atoms in total. The van der Waals surface area contributed by atoms with Crippen molar-refractivity contribution in [2.75, 3.05) is 25.2 Å². The highest BCUT2D eigenvalue weighted by Crippen LogP contribution is 2.44. The number of Topliss-reactive ketones (excluding diaryl/α,β-unsaturated/α-hetero) is 1. The van der Waals surface area contributed by atoms with Crippen molar-refractivity contribution in [3.05, 3.63) is 75.6 Å². The second kappa shape index (κ2) is 9.08. The highest BCUT2D eigenvalue weighted by atomic mass is 32.1. The largest absolute Gasteiger partial charge is 0.507 e. The number of amides is 1. The molecule has 3 aromatic rings. The van der Waals surface area contributed by atoms with E-state index in [0.29, 0.717) is 36.0 Å². The molecular formula is C25H19FN2O7S. The zero-order valence-electron chi connectivity index (χ0n) is 19.1. The van der Waals surface area contributed by atoms with E-state index in [0.717, 1.165) is 16.2 Å². The first-order valence-corrected chi connectivity index (χ1v) is 11.6. The molecule has 3 heterocycles. The molecule has 1 atom stereocenters. The molecule has 0 bridgehead atoms. The molecule has 11 heteroatoms. The van der Waals surface area contributed by atoms with E-state index in [9.17, 15) is 23.9 Å². The monoisotopic (exact) mass is 510 g/mol. The number of aryl methyl sites for hydroxylation is 1. The van der Waals surface area contributed by atoms with Crippen LogP contribution in [0, 0.1) is 12.7 Å². The smallest absolute Gasteiger partial charge is 0.350 e. The van der Waals surface area contributed by atoms with Crippen molar-refractivity contribution in [1.29, 1.82) is 0 Å². The van der Waals surface area contributed by atoms with Gasteiger partial charge < -0.3 is 19.3 Å². The van der Waals surface area contributed by atoms with Crippen molar-refractivity contribution < 1.29 is 38.1 Å². The average molecular weight is 510 g/mol. The lowest BCUT2D eigenvalue weighted by molar-refractivity contribution is -0.132. The standard InChI is InChI=1S/C25H19FN2O7S/c1-12-22(24(32)33-2)36-25(27-12)28-19(13-3-6-15(26)7-4-13)18(21(30)23(28)31)20(29)14-5-8-16-17(11-14)35-10-9-34-16/h3-8,11,19,29H,9-10H2,1-2H3/b20-18-. The van der Waals surface area contributed by atoms with Crippen molar-refractivity contribution in [2.24, 2.45) is 0 Å². The maximum atomic E-state index is 13.7. The van der Waals surface area contributed by atoms with Crippen molar-refractivity contribution >= 4 is 39.9 Å². The number of anilines is 1. The van der Waals surface area contributed by atoms with Crippen LogP contribution >= 0.6 is 11.3 Å². The zero-order valence-corrected chi connectivity index (χ0v) is 19.9. The number of aliphatic hydroxyl groups is 1. The molecule has 5 rings (SSSR count). The molecule has 2 aromatic carbocycles. The number of esters is 1. The van der Waals surface area contributed by atoms with Gasteiger partial charge >= 0.3 is 11.9 Å². The van der Waals surface area contributed by atoms with Crippen LogP contribution in [0.1, 0.15) is 32.5 Å². The fourth-order valence-corrected chi connectivity index (χ4v) is 5.12. The first-order valence-electron chi connectivity index (χ1n) is 10.8. The van der Waals surface area contributed by atoms with Crippen molar-refractivity contribution in [2.45, 2.75) is 13.0 Å². The number of hydrogen-bond acceptors (Lipinski definition) is 9. The Hall–Kier alpha value is -4.25. The van der Waals surface area contributed by atoms with Crippen molar-refractivity contribution in [3.63, 3.8) is 0 Å². The molecule has 0 saturated carbocycles. The van der Waals surface area contributed by atoms with Gasteiger partial charge in [0.05, 0.1) is 24.4 Å². The summed E-state index contributed by atoms with van der Waals surface area (Å²) in [5.41, 5.74) is 0.696. The predicted octanol–water partition coefficient (Wildman–Crippen LogP) is 3.77. The van der Waals surface area contributed by atoms with Crippen LogP contribution in [0.5, 0.6) is 11.5 Å². The lowest BCUT2D eigenvalue weighted by Crippen LogP contribution is -2.29. The fraction of sp³-hybridized carbons (Fsp3) is 0.200. The third-order valence-electron chi connectivity index (χ3n) is 5.81. The summed E-state index contributed by atoms with van der Waals surface area (Å²) in [4.78, 5) is 44.3. The molecule has 2 aliphatic heterocycles. The van der Waals surface area contributed by atoms with Crippen molar-refractivity contribution in [1.82, 2.24) is 4.98 Å². The van der Waals surface area contributed by atoms with Crippen LogP contribution in [0.25, 0.3) is 5.76 Å². The SMILES string of the molecule is COC(=O)c1sc(N2C(=O)C(=O)/C(=C(\O)c3ccc4c(c3)OCCO4)C2c2ccc(F)cc2)nc1C. The number of halogens is 1. The second-order valence-electron chi connectivity index (χ2n) is 7.98. The maximum Gasteiger partial charge on any atom is 0.350 e. The number of carbonyl (C=O) groups excluding carboxylic acids is 3. The minimum atomic E-state index is -1.13. The predicted molar refractivity (Wildman–Crippen MR) is 127 cm³/mol. The van der Waals surface area contributed by atoms with Crippen molar-refractivity contribution in [3.8, 4) is 11.5 Å². The molecule has 184 valence electrons. The molecule has 1 saturated heterocycles. The third kappa shape index (κ3) is 3.87. The molecule has 0 aliphatic carbocycles. The molecule has 1 amide bonds. The number of methoxy groups -OCH3 is 1.